The van der Waals surface area contributed by atoms with Crippen LogP contribution < -0.4 is 9.80 Å². The maximum Gasteiger partial charge on any atom is 0.0501 e. The first-order valence-electron chi connectivity index (χ1n) is 26.3. The molecule has 0 spiro atoms. The molecule has 11 aromatic carbocycles. The number of benzene rings is 11. The van der Waals surface area contributed by atoms with Crippen LogP contribution in [0.2, 0.25) is 0 Å². The van der Waals surface area contributed by atoms with Gasteiger partial charge in [-0.1, -0.05) is 184 Å². The average molecular weight is 959 g/mol. The van der Waals surface area contributed by atoms with Crippen LogP contribution in [0.25, 0.3) is 77.5 Å². The van der Waals surface area contributed by atoms with Gasteiger partial charge in [-0.15, -0.1) is 0 Å². The predicted molar refractivity (Wildman–Crippen MR) is 317 cm³/mol. The SMILES string of the molecule is CC1(C)c2cc(N(c3ccccc3)c3ccccc3)ccc2-c2cc3c(cc21)N(c1cccc(-c2cc(-c4cc(-c5ccccc5)cc(-c5ccccc5)c4)cc(-c4cccc5ccccc45)c2)c1)C1=CC=CCC13. The van der Waals surface area contributed by atoms with Crippen LogP contribution in [0.1, 0.15) is 42.9 Å². The molecule has 0 saturated heterocycles. The van der Waals surface area contributed by atoms with E-state index in [-0.39, 0.29) is 11.3 Å². The number of nitrogens with zero attached hydrogens (tertiary/aromatic N) is 2. The molecule has 0 saturated carbocycles. The zero-order valence-electron chi connectivity index (χ0n) is 42.2. The van der Waals surface area contributed by atoms with Gasteiger partial charge >= 0.3 is 0 Å². The van der Waals surface area contributed by atoms with Crippen LogP contribution in [-0.4, -0.2) is 0 Å². The Morgan fingerprint density at radius 2 is 0.933 bits per heavy atom. The van der Waals surface area contributed by atoms with E-state index in [1.807, 2.05) is 0 Å². The molecular formula is C73H54N2. The molecule has 0 radical (unpaired) electrons. The molecular weight excluding hydrogens is 905 g/mol. The molecule has 1 aliphatic heterocycles. The van der Waals surface area contributed by atoms with Crippen LogP contribution in [0.5, 0.6) is 0 Å². The van der Waals surface area contributed by atoms with Crippen LogP contribution >= 0.6 is 0 Å². The lowest BCUT2D eigenvalue weighted by Gasteiger charge is -2.28. The Labute approximate surface area is 440 Å². The molecule has 1 atom stereocenters. The fourth-order valence-corrected chi connectivity index (χ4v) is 12.4. The number of para-hydroxylation sites is 2. The Kier molecular flexibility index (Phi) is 10.7. The van der Waals surface area contributed by atoms with Gasteiger partial charge in [0.1, 0.15) is 0 Å². The minimum atomic E-state index is -0.237. The molecule has 0 N–H and O–H groups in total. The second kappa shape index (κ2) is 18.1. The van der Waals surface area contributed by atoms with Gasteiger partial charge in [0.05, 0.1) is 5.69 Å². The summed E-state index contributed by atoms with van der Waals surface area (Å²) in [7, 11) is 0. The number of allylic oxidation sites excluding steroid dienone is 4. The number of rotatable bonds is 9. The molecule has 356 valence electrons. The van der Waals surface area contributed by atoms with Gasteiger partial charge in [-0.2, -0.15) is 0 Å². The first kappa shape index (κ1) is 44.5. The summed E-state index contributed by atoms with van der Waals surface area (Å²) < 4.78 is 0. The fraction of sp³-hybridized carbons (Fsp3) is 0.0685. The molecule has 1 heterocycles. The lowest BCUT2D eigenvalue weighted by atomic mass is 9.81. The van der Waals surface area contributed by atoms with Gasteiger partial charge < -0.3 is 9.80 Å². The van der Waals surface area contributed by atoms with Gasteiger partial charge in [-0.05, 0) is 204 Å². The Balaban J connectivity index is 0.902. The van der Waals surface area contributed by atoms with Crippen molar-refractivity contribution in [2.45, 2.75) is 31.6 Å². The average Bonchev–Trinajstić information content (AvgIpc) is 3.98. The van der Waals surface area contributed by atoms with Crippen molar-refractivity contribution in [3.63, 3.8) is 0 Å². The minimum absolute atomic E-state index is 0.237. The van der Waals surface area contributed by atoms with Gasteiger partial charge in [0, 0.05) is 39.8 Å². The smallest absolute Gasteiger partial charge is 0.0501 e. The Bertz CT molecular complexity index is 3950. The zero-order chi connectivity index (χ0) is 50.0. The van der Waals surface area contributed by atoms with Crippen molar-refractivity contribution in [1.82, 2.24) is 0 Å². The standard InChI is InChI=1S/C73H54N2/c1-73(2)69-46-62(74(59-28-11-5-12-29-59)60-30-13-6-14-31-60)37-38-65(69)67-47-68-66-34-17-18-36-71(66)75(72(68)48-70(67)73)61-32-19-27-52(45-61)55-42-57(44-58(43-55)64-35-20-26-51-25-15-16-33-63(51)64)56-40-53(49-21-7-3-8-22-49)39-54(41-56)50-23-9-4-10-24-50/h3-33,35-48,66H,34H2,1-2H3. The van der Waals surface area contributed by atoms with E-state index >= 15 is 0 Å². The lowest BCUT2D eigenvalue weighted by molar-refractivity contribution is 0.660. The van der Waals surface area contributed by atoms with Crippen molar-refractivity contribution >= 4 is 39.2 Å². The van der Waals surface area contributed by atoms with Gasteiger partial charge in [0.2, 0.25) is 0 Å². The summed E-state index contributed by atoms with van der Waals surface area (Å²) in [6.45, 7) is 4.83. The number of anilines is 5. The molecule has 1 unspecified atom stereocenters. The third-order valence-electron chi connectivity index (χ3n) is 16.1. The second-order valence-electron chi connectivity index (χ2n) is 20.9. The van der Waals surface area contributed by atoms with E-state index in [1.165, 1.54) is 111 Å². The molecule has 0 aromatic heterocycles. The van der Waals surface area contributed by atoms with E-state index in [1.54, 1.807) is 0 Å². The van der Waals surface area contributed by atoms with Crippen LogP contribution in [-0.2, 0) is 5.41 Å². The molecule has 2 aliphatic carbocycles. The molecule has 2 nitrogen and oxygen atoms in total. The van der Waals surface area contributed by atoms with E-state index < -0.39 is 0 Å². The zero-order valence-corrected chi connectivity index (χ0v) is 42.2. The van der Waals surface area contributed by atoms with Gasteiger partial charge in [0.25, 0.3) is 0 Å². The maximum absolute atomic E-state index is 2.56. The first-order chi connectivity index (χ1) is 36.9. The van der Waals surface area contributed by atoms with E-state index in [9.17, 15) is 0 Å². The fourth-order valence-electron chi connectivity index (χ4n) is 12.4. The summed E-state index contributed by atoms with van der Waals surface area (Å²) in [5.74, 6) is 0.258. The summed E-state index contributed by atoms with van der Waals surface area (Å²) in [6, 6.07) is 94.3. The number of hydrogen-bond donors (Lipinski definition) is 0. The molecule has 0 fully saturated rings. The highest BCUT2D eigenvalue weighted by molar-refractivity contribution is 5.99. The van der Waals surface area contributed by atoms with Gasteiger partial charge in [-0.3, -0.25) is 0 Å². The van der Waals surface area contributed by atoms with Crippen molar-refractivity contribution in [2.75, 3.05) is 9.80 Å². The van der Waals surface area contributed by atoms with Crippen LogP contribution in [0.15, 0.2) is 279 Å². The summed E-state index contributed by atoms with van der Waals surface area (Å²) in [5.41, 5.74) is 25.7. The highest BCUT2D eigenvalue weighted by atomic mass is 15.2. The number of hydrogen-bond acceptors (Lipinski definition) is 2. The van der Waals surface area contributed by atoms with Crippen molar-refractivity contribution in [2.24, 2.45) is 0 Å². The van der Waals surface area contributed by atoms with Crippen LogP contribution in [0.3, 0.4) is 0 Å². The highest BCUT2D eigenvalue weighted by Crippen LogP contribution is 2.58. The summed E-state index contributed by atoms with van der Waals surface area (Å²) in [6.07, 6.45) is 7.91. The molecule has 11 aromatic rings. The first-order valence-corrected chi connectivity index (χ1v) is 26.3. The van der Waals surface area contributed by atoms with Crippen LogP contribution in [0, 0.1) is 0 Å². The summed E-state index contributed by atoms with van der Waals surface area (Å²) in [5, 5.41) is 2.48. The van der Waals surface area contributed by atoms with Gasteiger partial charge in [-0.25, -0.2) is 0 Å². The quantitative estimate of drug-likeness (QED) is 0.142. The highest BCUT2D eigenvalue weighted by Gasteiger charge is 2.42. The van der Waals surface area contributed by atoms with E-state index in [0.717, 1.165) is 23.5 Å². The molecule has 75 heavy (non-hydrogen) atoms. The lowest BCUT2D eigenvalue weighted by Crippen LogP contribution is -2.18. The maximum atomic E-state index is 2.56. The Morgan fingerprint density at radius 1 is 0.400 bits per heavy atom. The van der Waals surface area contributed by atoms with Crippen molar-refractivity contribution in [1.29, 1.82) is 0 Å². The topological polar surface area (TPSA) is 6.48 Å². The van der Waals surface area contributed by atoms with Crippen molar-refractivity contribution in [3.8, 4) is 66.8 Å². The molecule has 0 amide bonds. The van der Waals surface area contributed by atoms with Crippen LogP contribution in [0.4, 0.5) is 28.4 Å². The van der Waals surface area contributed by atoms with E-state index in [4.69, 9.17) is 0 Å². The Hall–Kier alpha value is -9.24. The number of fused-ring (bicyclic) bond motifs is 7. The molecule has 2 heteroatoms. The van der Waals surface area contributed by atoms with E-state index in [0.29, 0.717) is 0 Å². The second-order valence-corrected chi connectivity index (χ2v) is 20.9. The Morgan fingerprint density at radius 3 is 1.60 bits per heavy atom. The van der Waals surface area contributed by atoms with E-state index in [2.05, 4.69) is 297 Å². The third-order valence-corrected chi connectivity index (χ3v) is 16.1. The van der Waals surface area contributed by atoms with Crippen molar-refractivity contribution < 1.29 is 0 Å². The third kappa shape index (κ3) is 7.72. The summed E-state index contributed by atoms with van der Waals surface area (Å²) in [4.78, 5) is 4.94. The normalized spacial score (nSPS) is 14.7. The monoisotopic (exact) mass is 958 g/mol. The molecule has 14 rings (SSSR count). The summed E-state index contributed by atoms with van der Waals surface area (Å²) >= 11 is 0. The van der Waals surface area contributed by atoms with Gasteiger partial charge in [0.15, 0.2) is 0 Å². The molecule has 0 bridgehead atoms. The van der Waals surface area contributed by atoms with Crippen molar-refractivity contribution in [3.05, 3.63) is 295 Å². The predicted octanol–water partition coefficient (Wildman–Crippen LogP) is 20.0. The largest absolute Gasteiger partial charge is 0.313 e. The minimum Gasteiger partial charge on any atom is -0.313 e. The molecule has 3 aliphatic rings.